The average molecular weight is 371 g/mol. The van der Waals surface area contributed by atoms with Crippen LogP contribution in [0.25, 0.3) is 16.0 Å². The summed E-state index contributed by atoms with van der Waals surface area (Å²) in [5.74, 6) is 0.123. The fourth-order valence-electron chi connectivity index (χ4n) is 3.33. The van der Waals surface area contributed by atoms with Crippen molar-refractivity contribution in [3.8, 4) is 11.1 Å². The van der Waals surface area contributed by atoms with Crippen molar-refractivity contribution in [1.82, 2.24) is 10.1 Å². The molecule has 0 fully saturated rings. The number of hydrogen-bond donors (Lipinski definition) is 1. The molecule has 1 aliphatic rings. The first-order chi connectivity index (χ1) is 13.4. The molecule has 1 aromatic heterocycles. The first-order valence-electron chi connectivity index (χ1n) is 8.61. The molecule has 7 heteroatoms. The van der Waals surface area contributed by atoms with Gasteiger partial charge in [-0.05, 0) is 35.7 Å². The summed E-state index contributed by atoms with van der Waals surface area (Å²) in [5.41, 5.74) is 8.56. The normalized spacial score (nSPS) is 18.8. The fourth-order valence-corrected chi connectivity index (χ4v) is 3.33. The van der Waals surface area contributed by atoms with Crippen LogP contribution in [0, 0.1) is 6.57 Å². The van der Waals surface area contributed by atoms with E-state index >= 15 is 0 Å². The molecule has 0 spiro atoms. The molecule has 7 nitrogen and oxygen atoms in total. The van der Waals surface area contributed by atoms with Crippen LogP contribution in [0.5, 0.6) is 0 Å². The maximum Gasteiger partial charge on any atom is 0.265 e. The van der Waals surface area contributed by atoms with E-state index < -0.39 is 5.54 Å². The average Bonchev–Trinajstić information content (AvgIpc) is 3.21. The number of rotatable bonds is 2. The number of hydrogen-bond acceptors (Lipinski definition) is 5. The second-order valence-electron chi connectivity index (χ2n) is 6.72. The van der Waals surface area contributed by atoms with Gasteiger partial charge in [-0.3, -0.25) is 9.69 Å². The maximum absolute atomic E-state index is 12.6. The Kier molecular flexibility index (Phi) is 3.97. The van der Waals surface area contributed by atoms with Crippen molar-refractivity contribution < 1.29 is 9.32 Å². The Bertz CT molecular complexity index is 1160. The van der Waals surface area contributed by atoms with Crippen LogP contribution < -0.4 is 5.73 Å². The van der Waals surface area contributed by atoms with Crippen LogP contribution in [0.1, 0.15) is 28.6 Å². The number of amides is 1. The number of aliphatic imine (C=N–C) groups is 1. The van der Waals surface area contributed by atoms with Gasteiger partial charge in [0.25, 0.3) is 5.91 Å². The summed E-state index contributed by atoms with van der Waals surface area (Å²) in [6.45, 7) is 9.06. The second-order valence-corrected chi connectivity index (χ2v) is 6.72. The maximum atomic E-state index is 12.6. The highest BCUT2D eigenvalue weighted by Gasteiger charge is 2.41. The largest absolute Gasteiger partial charge is 0.369 e. The summed E-state index contributed by atoms with van der Waals surface area (Å²) < 4.78 is 5.46. The molecule has 1 aliphatic heterocycles. The van der Waals surface area contributed by atoms with Crippen LogP contribution in [-0.2, 0) is 5.54 Å². The lowest BCUT2D eigenvalue weighted by Gasteiger charge is -2.23. The van der Waals surface area contributed by atoms with Gasteiger partial charge >= 0.3 is 0 Å². The molecule has 1 amide bonds. The lowest BCUT2D eigenvalue weighted by atomic mass is 9.86. The Morgan fingerprint density at radius 3 is 2.64 bits per heavy atom. The van der Waals surface area contributed by atoms with Gasteiger partial charge in [-0.2, -0.15) is 0 Å². The molecule has 0 saturated carbocycles. The molecule has 2 heterocycles. The third-order valence-electron chi connectivity index (χ3n) is 4.96. The zero-order chi connectivity index (χ0) is 19.9. The molecule has 1 atom stereocenters. The van der Waals surface area contributed by atoms with E-state index in [0.717, 1.165) is 16.7 Å². The van der Waals surface area contributed by atoms with Gasteiger partial charge in [0.15, 0.2) is 17.4 Å². The first-order valence-corrected chi connectivity index (χ1v) is 8.61. The molecular weight excluding hydrogens is 354 g/mol. The zero-order valence-electron chi connectivity index (χ0n) is 15.4. The van der Waals surface area contributed by atoms with E-state index in [-0.39, 0.29) is 11.9 Å². The van der Waals surface area contributed by atoms with E-state index in [1.54, 1.807) is 13.1 Å². The molecule has 0 bridgehead atoms. The first kappa shape index (κ1) is 17.5. The van der Waals surface area contributed by atoms with Gasteiger partial charge in [-0.15, -0.1) is 0 Å². The Hall–Kier alpha value is -3.92. The minimum Gasteiger partial charge on any atom is -0.369 e. The number of aromatic nitrogens is 1. The highest BCUT2D eigenvalue weighted by atomic mass is 16.5. The summed E-state index contributed by atoms with van der Waals surface area (Å²) >= 11 is 0. The molecule has 0 radical (unpaired) electrons. The zero-order valence-corrected chi connectivity index (χ0v) is 15.4. The van der Waals surface area contributed by atoms with Crippen molar-refractivity contribution in [2.24, 2.45) is 10.7 Å². The minimum atomic E-state index is -1.02. The standard InChI is InChI=1S/C21H17N5O2/c1-21(18-17(12-24-28-18)19(27)26(3)20(22)25-21)15-8-4-6-13(10-15)14-7-5-9-16(11-14)23-2/h4-12H,1,3H3,(H2,22,25). The van der Waals surface area contributed by atoms with Crippen molar-refractivity contribution in [2.45, 2.75) is 12.5 Å². The highest BCUT2D eigenvalue weighted by Crippen LogP contribution is 2.39. The topological polar surface area (TPSA) is 89.1 Å². The SMILES string of the molecule is [C-]#[N+]c1cccc(-c2cccc(C3(C)N=C(N)N(C)C(=O)c4cnoc43)c2)c1. The fraction of sp³-hybridized carbons (Fsp3) is 0.143. The molecule has 2 aromatic carbocycles. The number of nitrogens with zero attached hydrogens (tertiary/aromatic N) is 4. The molecule has 2 N–H and O–H groups in total. The number of fused-ring (bicyclic) bond motifs is 1. The van der Waals surface area contributed by atoms with Gasteiger partial charge in [0, 0.05) is 7.05 Å². The van der Waals surface area contributed by atoms with Gasteiger partial charge in [-0.25, -0.2) is 9.84 Å². The molecule has 0 saturated heterocycles. The molecule has 4 rings (SSSR count). The quantitative estimate of drug-likeness (QED) is 0.698. The number of benzene rings is 2. The van der Waals surface area contributed by atoms with Crippen molar-refractivity contribution in [2.75, 3.05) is 7.05 Å². The van der Waals surface area contributed by atoms with Crippen LogP contribution >= 0.6 is 0 Å². The van der Waals surface area contributed by atoms with Crippen LogP contribution in [-0.4, -0.2) is 29.0 Å². The van der Waals surface area contributed by atoms with Crippen molar-refractivity contribution >= 4 is 17.6 Å². The van der Waals surface area contributed by atoms with Crippen LogP contribution in [0.3, 0.4) is 0 Å². The molecule has 28 heavy (non-hydrogen) atoms. The van der Waals surface area contributed by atoms with Gasteiger partial charge < -0.3 is 10.3 Å². The van der Waals surface area contributed by atoms with Crippen molar-refractivity contribution in [3.05, 3.63) is 83.0 Å². The lowest BCUT2D eigenvalue weighted by Crippen LogP contribution is -2.38. The second kappa shape index (κ2) is 6.35. The summed E-state index contributed by atoms with van der Waals surface area (Å²) in [5, 5.41) is 3.81. The van der Waals surface area contributed by atoms with E-state index in [2.05, 4.69) is 15.0 Å². The van der Waals surface area contributed by atoms with Crippen LogP contribution in [0.4, 0.5) is 5.69 Å². The van der Waals surface area contributed by atoms with Gasteiger partial charge in [0.1, 0.15) is 11.1 Å². The molecule has 0 aliphatic carbocycles. The van der Waals surface area contributed by atoms with Crippen molar-refractivity contribution in [1.29, 1.82) is 0 Å². The summed E-state index contributed by atoms with van der Waals surface area (Å²) in [6, 6.07) is 15.1. The molecule has 3 aromatic rings. The number of guanidine groups is 1. The van der Waals surface area contributed by atoms with E-state index in [9.17, 15) is 4.79 Å². The van der Waals surface area contributed by atoms with E-state index in [4.69, 9.17) is 16.8 Å². The summed E-state index contributed by atoms with van der Waals surface area (Å²) in [4.78, 5) is 22.0. The lowest BCUT2D eigenvalue weighted by molar-refractivity contribution is 0.0869. The van der Waals surface area contributed by atoms with Gasteiger partial charge in [-0.1, -0.05) is 41.6 Å². The van der Waals surface area contributed by atoms with Crippen LogP contribution in [0.2, 0.25) is 0 Å². The van der Waals surface area contributed by atoms with E-state index in [1.165, 1.54) is 11.1 Å². The predicted molar refractivity (Wildman–Crippen MR) is 105 cm³/mol. The Balaban J connectivity index is 1.90. The third-order valence-corrected chi connectivity index (χ3v) is 4.96. The Labute approximate surface area is 161 Å². The van der Waals surface area contributed by atoms with E-state index in [1.807, 2.05) is 49.4 Å². The summed E-state index contributed by atoms with van der Waals surface area (Å²) in [6.07, 6.45) is 1.39. The third kappa shape index (κ3) is 2.63. The van der Waals surface area contributed by atoms with Crippen molar-refractivity contribution in [3.63, 3.8) is 0 Å². The number of carbonyl (C=O) groups is 1. The highest BCUT2D eigenvalue weighted by molar-refractivity contribution is 6.06. The Morgan fingerprint density at radius 1 is 1.18 bits per heavy atom. The van der Waals surface area contributed by atoms with Crippen LogP contribution in [0.15, 0.2) is 64.2 Å². The smallest absolute Gasteiger partial charge is 0.265 e. The number of nitrogens with two attached hydrogens (primary N) is 1. The molecular formula is C21H17N5O2. The minimum absolute atomic E-state index is 0.0966. The monoisotopic (exact) mass is 371 g/mol. The summed E-state index contributed by atoms with van der Waals surface area (Å²) in [7, 11) is 1.57. The van der Waals surface area contributed by atoms with E-state index in [0.29, 0.717) is 17.0 Å². The van der Waals surface area contributed by atoms with Gasteiger partial charge in [0.05, 0.1) is 12.8 Å². The molecule has 138 valence electrons. The number of carbonyl (C=O) groups excluding carboxylic acids is 1. The van der Waals surface area contributed by atoms with Gasteiger partial charge in [0.2, 0.25) is 0 Å². The Morgan fingerprint density at radius 2 is 1.89 bits per heavy atom. The molecule has 1 unspecified atom stereocenters. The predicted octanol–water partition coefficient (Wildman–Crippen LogP) is 3.56.